The monoisotopic (exact) mass is 243 g/mol. The van der Waals surface area contributed by atoms with E-state index in [1.807, 2.05) is 30.3 Å². The molecule has 0 spiro atoms. The first-order chi connectivity index (χ1) is 8.71. The highest BCUT2D eigenvalue weighted by Gasteiger charge is 2.41. The van der Waals surface area contributed by atoms with Crippen molar-refractivity contribution < 1.29 is 5.11 Å². The number of nitrogen functional groups attached to an aromatic ring is 1. The second-order valence-corrected chi connectivity index (χ2v) is 5.16. The molecule has 0 unspecified atom stereocenters. The number of nitrogens with two attached hydrogens (primary N) is 1. The molecule has 0 bridgehead atoms. The van der Waals surface area contributed by atoms with Gasteiger partial charge in [0, 0.05) is 23.0 Å². The number of pyridine rings is 1. The van der Waals surface area contributed by atoms with E-state index >= 15 is 0 Å². The number of aliphatic hydroxyl groups excluding tert-OH is 1. The van der Waals surface area contributed by atoms with Crippen LogP contribution in [-0.4, -0.2) is 23.2 Å². The average molecular weight is 243 g/mol. The van der Waals surface area contributed by atoms with Crippen molar-refractivity contribution in [2.24, 2.45) is 5.41 Å². The number of aliphatic hydroxyl groups is 1. The minimum atomic E-state index is 0.0950. The zero-order valence-electron chi connectivity index (χ0n) is 10.2. The van der Waals surface area contributed by atoms with Crippen molar-refractivity contribution in [2.75, 3.05) is 24.2 Å². The topological polar surface area (TPSA) is 71.2 Å². The third-order valence-corrected chi connectivity index (χ3v) is 3.65. The largest absolute Gasteiger partial charge is 0.399 e. The Labute approximate surface area is 106 Å². The number of nitrogens with zero attached hydrogens (tertiary/aromatic N) is 1. The maximum absolute atomic E-state index is 9.26. The van der Waals surface area contributed by atoms with Crippen molar-refractivity contribution >= 4 is 22.4 Å². The molecule has 0 atom stereocenters. The van der Waals surface area contributed by atoms with Gasteiger partial charge in [-0.2, -0.15) is 0 Å². The molecule has 94 valence electrons. The average Bonchev–Trinajstić information content (AvgIpc) is 3.17. The summed E-state index contributed by atoms with van der Waals surface area (Å²) in [5, 5.41) is 13.6. The molecule has 1 heterocycles. The number of rotatable bonds is 4. The fraction of sp³-hybridized carbons (Fsp3) is 0.357. The molecule has 2 aromatic rings. The fourth-order valence-electron chi connectivity index (χ4n) is 2.09. The summed E-state index contributed by atoms with van der Waals surface area (Å²) in [6, 6.07) is 9.67. The predicted molar refractivity (Wildman–Crippen MR) is 73.4 cm³/mol. The van der Waals surface area contributed by atoms with Gasteiger partial charge in [0.15, 0.2) is 0 Å². The van der Waals surface area contributed by atoms with Crippen molar-refractivity contribution in [3.8, 4) is 0 Å². The lowest BCUT2D eigenvalue weighted by molar-refractivity contribution is 0.219. The van der Waals surface area contributed by atoms with Crippen LogP contribution in [0.15, 0.2) is 30.3 Å². The van der Waals surface area contributed by atoms with Gasteiger partial charge in [-0.05, 0) is 43.2 Å². The third kappa shape index (κ3) is 2.11. The summed E-state index contributed by atoms with van der Waals surface area (Å²) in [5.41, 5.74) is 7.51. The number of fused-ring (bicyclic) bond motifs is 1. The van der Waals surface area contributed by atoms with Crippen molar-refractivity contribution in [3.63, 3.8) is 0 Å². The molecule has 1 fully saturated rings. The maximum Gasteiger partial charge on any atom is 0.126 e. The zero-order chi connectivity index (χ0) is 12.6. The van der Waals surface area contributed by atoms with E-state index in [2.05, 4.69) is 10.3 Å². The van der Waals surface area contributed by atoms with E-state index in [9.17, 15) is 5.11 Å². The molecular formula is C14H17N3O. The molecule has 1 saturated carbocycles. The van der Waals surface area contributed by atoms with E-state index in [1.165, 1.54) is 0 Å². The number of benzene rings is 1. The SMILES string of the molecule is Nc1ccc2nc(NCC3(CO)CC3)ccc2c1. The molecular weight excluding hydrogens is 226 g/mol. The molecule has 0 amide bonds. The van der Waals surface area contributed by atoms with Gasteiger partial charge in [-0.15, -0.1) is 0 Å². The van der Waals surface area contributed by atoms with E-state index in [-0.39, 0.29) is 12.0 Å². The van der Waals surface area contributed by atoms with Crippen molar-refractivity contribution in [1.82, 2.24) is 4.98 Å². The minimum absolute atomic E-state index is 0.0950. The van der Waals surface area contributed by atoms with Gasteiger partial charge in [0.05, 0.1) is 12.1 Å². The minimum Gasteiger partial charge on any atom is -0.399 e. The normalized spacial score (nSPS) is 16.7. The number of aromatic nitrogens is 1. The molecule has 4 N–H and O–H groups in total. The standard InChI is InChI=1S/C14H17N3O/c15-11-2-3-12-10(7-11)1-4-13(17-12)16-8-14(9-18)5-6-14/h1-4,7,18H,5-6,8-9,15H2,(H,16,17). The number of hydrogen-bond acceptors (Lipinski definition) is 4. The molecule has 1 aliphatic rings. The maximum atomic E-state index is 9.26. The Morgan fingerprint density at radius 3 is 2.83 bits per heavy atom. The molecule has 0 saturated heterocycles. The van der Waals surface area contributed by atoms with Gasteiger partial charge in [-0.1, -0.05) is 0 Å². The Morgan fingerprint density at radius 2 is 2.11 bits per heavy atom. The van der Waals surface area contributed by atoms with Gasteiger partial charge in [0.25, 0.3) is 0 Å². The fourth-order valence-corrected chi connectivity index (χ4v) is 2.09. The molecule has 18 heavy (non-hydrogen) atoms. The first-order valence-electron chi connectivity index (χ1n) is 6.22. The summed E-state index contributed by atoms with van der Waals surface area (Å²) in [6.45, 7) is 1.04. The lowest BCUT2D eigenvalue weighted by Crippen LogP contribution is -2.19. The van der Waals surface area contributed by atoms with Crippen LogP contribution in [0.25, 0.3) is 10.9 Å². The lowest BCUT2D eigenvalue weighted by Gasteiger charge is -2.13. The molecule has 4 nitrogen and oxygen atoms in total. The lowest BCUT2D eigenvalue weighted by atomic mass is 10.1. The van der Waals surface area contributed by atoms with Crippen molar-refractivity contribution in [1.29, 1.82) is 0 Å². The molecule has 1 aromatic carbocycles. The first kappa shape index (κ1) is 11.3. The summed E-state index contributed by atoms with van der Waals surface area (Å²) in [7, 11) is 0. The van der Waals surface area contributed by atoms with Crippen LogP contribution in [0.1, 0.15) is 12.8 Å². The van der Waals surface area contributed by atoms with Gasteiger partial charge in [0.1, 0.15) is 5.82 Å². The van der Waals surface area contributed by atoms with E-state index in [0.29, 0.717) is 0 Å². The van der Waals surface area contributed by atoms with Crippen LogP contribution in [0.5, 0.6) is 0 Å². The van der Waals surface area contributed by atoms with Gasteiger partial charge in [-0.25, -0.2) is 4.98 Å². The number of anilines is 2. The highest BCUT2D eigenvalue weighted by atomic mass is 16.3. The second kappa shape index (κ2) is 4.14. The Morgan fingerprint density at radius 1 is 1.28 bits per heavy atom. The summed E-state index contributed by atoms with van der Waals surface area (Å²) in [4.78, 5) is 4.53. The van der Waals surface area contributed by atoms with Crippen LogP contribution < -0.4 is 11.1 Å². The van der Waals surface area contributed by atoms with Crippen LogP contribution in [0.3, 0.4) is 0 Å². The molecule has 0 radical (unpaired) electrons. The van der Waals surface area contributed by atoms with Crippen LogP contribution in [0.2, 0.25) is 0 Å². The molecule has 3 rings (SSSR count). The summed E-state index contributed by atoms with van der Waals surface area (Å²) >= 11 is 0. The van der Waals surface area contributed by atoms with Gasteiger partial charge in [-0.3, -0.25) is 0 Å². The van der Waals surface area contributed by atoms with Gasteiger partial charge >= 0.3 is 0 Å². The van der Waals surface area contributed by atoms with Crippen molar-refractivity contribution in [3.05, 3.63) is 30.3 Å². The quantitative estimate of drug-likeness (QED) is 0.718. The Bertz CT molecular complexity index is 578. The molecule has 4 heteroatoms. The van der Waals surface area contributed by atoms with E-state index in [4.69, 9.17) is 5.73 Å². The Balaban J connectivity index is 1.79. The first-order valence-corrected chi connectivity index (χ1v) is 6.22. The van der Waals surface area contributed by atoms with Crippen molar-refractivity contribution in [2.45, 2.75) is 12.8 Å². The van der Waals surface area contributed by atoms with Crippen LogP contribution in [-0.2, 0) is 0 Å². The van der Waals surface area contributed by atoms with Gasteiger partial charge < -0.3 is 16.2 Å². The number of hydrogen-bond donors (Lipinski definition) is 3. The second-order valence-electron chi connectivity index (χ2n) is 5.16. The van der Waals surface area contributed by atoms with Crippen LogP contribution in [0.4, 0.5) is 11.5 Å². The smallest absolute Gasteiger partial charge is 0.126 e. The van der Waals surface area contributed by atoms with Gasteiger partial charge in [0.2, 0.25) is 0 Å². The summed E-state index contributed by atoms with van der Waals surface area (Å²) in [5.74, 6) is 0.854. The highest BCUT2D eigenvalue weighted by Crippen LogP contribution is 2.44. The third-order valence-electron chi connectivity index (χ3n) is 3.65. The number of nitrogens with one attached hydrogen (secondary N) is 1. The predicted octanol–water partition coefficient (Wildman–Crippen LogP) is 2.00. The molecule has 1 aromatic heterocycles. The van der Waals surface area contributed by atoms with Crippen LogP contribution >= 0.6 is 0 Å². The van der Waals surface area contributed by atoms with E-state index < -0.39 is 0 Å². The summed E-state index contributed by atoms with van der Waals surface area (Å²) < 4.78 is 0. The highest BCUT2D eigenvalue weighted by molar-refractivity contribution is 5.83. The molecule has 0 aliphatic heterocycles. The Kier molecular flexibility index (Phi) is 2.59. The van der Waals surface area contributed by atoms with E-state index in [1.54, 1.807) is 0 Å². The van der Waals surface area contributed by atoms with E-state index in [0.717, 1.165) is 41.8 Å². The Hall–Kier alpha value is -1.81. The van der Waals surface area contributed by atoms with Crippen LogP contribution in [0, 0.1) is 5.41 Å². The molecule has 1 aliphatic carbocycles. The zero-order valence-corrected chi connectivity index (χ0v) is 10.2. The summed E-state index contributed by atoms with van der Waals surface area (Å²) in [6.07, 6.45) is 2.20.